The molecule has 266 valence electrons. The average molecular weight is 721 g/mol. The van der Waals surface area contributed by atoms with Crippen molar-refractivity contribution in [3.05, 3.63) is 168 Å². The lowest BCUT2D eigenvalue weighted by Crippen LogP contribution is -2.01. The SMILES string of the molecule is Cc1ccc(-c2nc(-c3ccc(C)cc3)nc(-c3ccc4ccc5c(-c6nc(-c7ccc(C)cc7)nc(-c7ccc(C)cc7)n6)ccc6ccc3c4c65)n2)cc1. The Labute approximate surface area is 325 Å². The van der Waals surface area contributed by atoms with Crippen LogP contribution in [0.15, 0.2) is 146 Å². The number of hydrogen-bond donors (Lipinski definition) is 0. The van der Waals surface area contributed by atoms with Crippen molar-refractivity contribution >= 4 is 32.3 Å². The van der Waals surface area contributed by atoms with Gasteiger partial charge in [0.1, 0.15) is 0 Å². The first-order valence-corrected chi connectivity index (χ1v) is 18.9. The molecule has 6 nitrogen and oxygen atoms in total. The normalized spacial score (nSPS) is 11.6. The summed E-state index contributed by atoms with van der Waals surface area (Å²) in [5.41, 5.74) is 10.4. The predicted molar refractivity (Wildman–Crippen MR) is 228 cm³/mol. The summed E-state index contributed by atoms with van der Waals surface area (Å²) in [6.45, 7) is 8.35. The predicted octanol–water partition coefficient (Wildman–Crippen LogP) is 12.2. The maximum atomic E-state index is 5.13. The lowest BCUT2D eigenvalue weighted by atomic mass is 9.89. The first-order valence-electron chi connectivity index (χ1n) is 18.9. The molecule has 10 rings (SSSR count). The van der Waals surface area contributed by atoms with Gasteiger partial charge in [0.05, 0.1) is 0 Å². The van der Waals surface area contributed by atoms with E-state index >= 15 is 0 Å². The molecule has 0 atom stereocenters. The van der Waals surface area contributed by atoms with E-state index < -0.39 is 0 Å². The number of aryl methyl sites for hydroxylation is 4. The molecule has 0 fully saturated rings. The van der Waals surface area contributed by atoms with Crippen molar-refractivity contribution in [2.45, 2.75) is 27.7 Å². The third-order valence-corrected chi connectivity index (χ3v) is 10.7. The highest BCUT2D eigenvalue weighted by molar-refractivity contribution is 6.27. The van der Waals surface area contributed by atoms with Crippen molar-refractivity contribution in [1.29, 1.82) is 0 Å². The van der Waals surface area contributed by atoms with Gasteiger partial charge in [0, 0.05) is 33.4 Å². The van der Waals surface area contributed by atoms with Gasteiger partial charge >= 0.3 is 0 Å². The van der Waals surface area contributed by atoms with E-state index in [0.29, 0.717) is 34.9 Å². The Kier molecular flexibility index (Phi) is 7.92. The van der Waals surface area contributed by atoms with Gasteiger partial charge in [0.2, 0.25) is 0 Å². The molecule has 0 radical (unpaired) electrons. The van der Waals surface area contributed by atoms with Gasteiger partial charge in [0.25, 0.3) is 0 Å². The summed E-state index contributed by atoms with van der Waals surface area (Å²) in [7, 11) is 0. The average Bonchev–Trinajstić information content (AvgIpc) is 3.23. The molecule has 0 bridgehead atoms. The van der Waals surface area contributed by atoms with E-state index in [1.807, 2.05) is 0 Å². The fourth-order valence-corrected chi connectivity index (χ4v) is 7.51. The maximum absolute atomic E-state index is 5.13. The maximum Gasteiger partial charge on any atom is 0.164 e. The van der Waals surface area contributed by atoms with Crippen LogP contribution < -0.4 is 0 Å². The highest BCUT2D eigenvalue weighted by Gasteiger charge is 2.20. The van der Waals surface area contributed by atoms with Gasteiger partial charge in [-0.15, -0.1) is 0 Å². The van der Waals surface area contributed by atoms with Gasteiger partial charge in [-0.3, -0.25) is 0 Å². The molecule has 0 amide bonds. The Hall–Kier alpha value is -7.18. The Morgan fingerprint density at radius 3 is 0.786 bits per heavy atom. The van der Waals surface area contributed by atoms with Crippen LogP contribution in [0.5, 0.6) is 0 Å². The second-order valence-electron chi connectivity index (χ2n) is 14.7. The fraction of sp³-hybridized carbons (Fsp3) is 0.0800. The first kappa shape index (κ1) is 33.4. The topological polar surface area (TPSA) is 77.3 Å². The van der Waals surface area contributed by atoms with Crippen molar-refractivity contribution in [3.63, 3.8) is 0 Å². The van der Waals surface area contributed by atoms with Crippen LogP contribution in [-0.2, 0) is 0 Å². The molecule has 6 heteroatoms. The quantitative estimate of drug-likeness (QED) is 0.159. The molecule has 0 N–H and O–H groups in total. The highest BCUT2D eigenvalue weighted by Crippen LogP contribution is 2.42. The Morgan fingerprint density at radius 2 is 0.500 bits per heavy atom. The first-order chi connectivity index (χ1) is 27.3. The Balaban J connectivity index is 1.19. The summed E-state index contributed by atoms with van der Waals surface area (Å²) in [6, 6.07) is 50.8. The van der Waals surface area contributed by atoms with Crippen molar-refractivity contribution in [2.75, 3.05) is 0 Å². The van der Waals surface area contributed by atoms with E-state index in [-0.39, 0.29) is 0 Å². The standard InChI is InChI=1S/C50H36N6/c1-29-5-13-35(14-6-29)45-51-46(36-15-7-30(2)8-16-36)54-49(53-45)41-27-23-33-22-26-40-42(28-24-34-21-25-39(41)43(33)44(34)40)50-55-47(37-17-9-31(3)10-18-37)52-48(56-50)38-19-11-32(4)12-20-38/h5-28H,1-4H3. The van der Waals surface area contributed by atoms with Crippen LogP contribution in [0.1, 0.15) is 22.3 Å². The Bertz CT molecular complexity index is 2740. The molecule has 2 heterocycles. The fourth-order valence-electron chi connectivity index (χ4n) is 7.51. The highest BCUT2D eigenvalue weighted by atomic mass is 15.0. The number of aromatic nitrogens is 6. The van der Waals surface area contributed by atoms with Crippen LogP contribution in [0.2, 0.25) is 0 Å². The summed E-state index contributed by atoms with van der Waals surface area (Å²) >= 11 is 0. The molecule has 0 spiro atoms. The third kappa shape index (κ3) is 5.92. The molecular weight excluding hydrogens is 685 g/mol. The van der Waals surface area contributed by atoms with Gasteiger partial charge < -0.3 is 0 Å². The molecule has 10 aromatic rings. The van der Waals surface area contributed by atoms with Gasteiger partial charge in [-0.25, -0.2) is 29.9 Å². The smallest absolute Gasteiger partial charge is 0.164 e. The minimum absolute atomic E-state index is 0.632. The number of nitrogens with zero attached hydrogens (tertiary/aromatic N) is 6. The lowest BCUT2D eigenvalue weighted by Gasteiger charge is -2.16. The summed E-state index contributed by atoms with van der Waals surface area (Å²) in [4.78, 5) is 30.5. The van der Waals surface area contributed by atoms with E-state index in [1.54, 1.807) is 0 Å². The van der Waals surface area contributed by atoms with Crippen molar-refractivity contribution in [2.24, 2.45) is 0 Å². The summed E-state index contributed by atoms with van der Waals surface area (Å²) in [5, 5.41) is 6.74. The number of benzene rings is 8. The van der Waals surface area contributed by atoms with E-state index in [0.717, 1.165) is 65.7 Å². The Morgan fingerprint density at radius 1 is 0.250 bits per heavy atom. The molecule has 0 aliphatic carbocycles. The number of rotatable bonds is 6. The third-order valence-electron chi connectivity index (χ3n) is 10.7. The second-order valence-corrected chi connectivity index (χ2v) is 14.7. The van der Waals surface area contributed by atoms with E-state index in [4.69, 9.17) is 29.9 Å². The van der Waals surface area contributed by atoms with E-state index in [2.05, 4.69) is 173 Å². The molecule has 0 aliphatic rings. The second kappa shape index (κ2) is 13.3. The van der Waals surface area contributed by atoms with Crippen LogP contribution in [-0.4, -0.2) is 29.9 Å². The van der Waals surface area contributed by atoms with Crippen molar-refractivity contribution in [3.8, 4) is 68.3 Å². The minimum atomic E-state index is 0.632. The summed E-state index contributed by atoms with van der Waals surface area (Å²) in [6.07, 6.45) is 0. The molecule has 56 heavy (non-hydrogen) atoms. The van der Waals surface area contributed by atoms with Gasteiger partial charge in [-0.2, -0.15) is 0 Å². The summed E-state index contributed by atoms with van der Waals surface area (Å²) in [5.74, 6) is 3.83. The van der Waals surface area contributed by atoms with Crippen LogP contribution in [0.25, 0.3) is 101 Å². The molecule has 0 aliphatic heterocycles. The molecular formula is C50H36N6. The molecule has 0 saturated heterocycles. The lowest BCUT2D eigenvalue weighted by molar-refractivity contribution is 1.07. The van der Waals surface area contributed by atoms with Crippen LogP contribution in [0.4, 0.5) is 0 Å². The molecule has 8 aromatic carbocycles. The largest absolute Gasteiger partial charge is 0.208 e. The van der Waals surface area contributed by atoms with Crippen molar-refractivity contribution < 1.29 is 0 Å². The van der Waals surface area contributed by atoms with Crippen LogP contribution >= 0.6 is 0 Å². The zero-order valence-electron chi connectivity index (χ0n) is 31.5. The van der Waals surface area contributed by atoms with Crippen LogP contribution in [0, 0.1) is 27.7 Å². The van der Waals surface area contributed by atoms with E-state index in [1.165, 1.54) is 22.3 Å². The van der Waals surface area contributed by atoms with Gasteiger partial charge in [-0.1, -0.05) is 156 Å². The van der Waals surface area contributed by atoms with Crippen molar-refractivity contribution in [1.82, 2.24) is 29.9 Å². The molecule has 0 unspecified atom stereocenters. The minimum Gasteiger partial charge on any atom is -0.208 e. The zero-order chi connectivity index (χ0) is 37.9. The summed E-state index contributed by atoms with van der Waals surface area (Å²) < 4.78 is 0. The van der Waals surface area contributed by atoms with Gasteiger partial charge in [-0.05, 0) is 72.1 Å². The monoisotopic (exact) mass is 720 g/mol. The molecule has 0 saturated carbocycles. The number of hydrogen-bond acceptors (Lipinski definition) is 6. The van der Waals surface area contributed by atoms with Gasteiger partial charge in [0.15, 0.2) is 34.9 Å². The molecule has 2 aromatic heterocycles. The van der Waals surface area contributed by atoms with Crippen LogP contribution in [0.3, 0.4) is 0 Å². The zero-order valence-corrected chi connectivity index (χ0v) is 31.5. The van der Waals surface area contributed by atoms with E-state index in [9.17, 15) is 0 Å².